The van der Waals surface area contributed by atoms with Gasteiger partial charge in [0.05, 0.1) is 0 Å². The van der Waals surface area contributed by atoms with Crippen molar-refractivity contribution >= 4 is 22.5 Å². The average Bonchev–Trinajstić information content (AvgIpc) is 2.66. The molecule has 0 fully saturated rings. The van der Waals surface area contributed by atoms with E-state index in [9.17, 15) is 9.18 Å². The molecule has 0 spiro atoms. The lowest BCUT2D eigenvalue weighted by atomic mass is 10.1. The van der Waals surface area contributed by atoms with Gasteiger partial charge in [0.15, 0.2) is 0 Å². The molecule has 3 aromatic carbocycles. The number of carbonyl (C=O) groups is 1. The molecule has 27 heavy (non-hydrogen) atoms. The van der Waals surface area contributed by atoms with Crippen molar-refractivity contribution in [3.05, 3.63) is 78.1 Å². The number of nitrogens with one attached hydrogen (secondary N) is 1. The van der Waals surface area contributed by atoms with Gasteiger partial charge in [-0.15, -0.1) is 0 Å². The van der Waals surface area contributed by atoms with Crippen LogP contribution in [0.25, 0.3) is 10.8 Å². The molecule has 2 amide bonds. The van der Waals surface area contributed by atoms with E-state index in [1.54, 1.807) is 17.0 Å². The van der Waals surface area contributed by atoms with Crippen molar-refractivity contribution < 1.29 is 9.18 Å². The van der Waals surface area contributed by atoms with Gasteiger partial charge in [-0.1, -0.05) is 42.5 Å². The quantitative estimate of drug-likeness (QED) is 0.694. The van der Waals surface area contributed by atoms with E-state index in [-0.39, 0.29) is 11.8 Å². The summed E-state index contributed by atoms with van der Waals surface area (Å²) in [5.41, 5.74) is 1.65. The highest BCUT2D eigenvalue weighted by atomic mass is 19.1. The first-order valence-electron chi connectivity index (χ1n) is 8.95. The van der Waals surface area contributed by atoms with Crippen LogP contribution in [0.15, 0.2) is 66.7 Å². The van der Waals surface area contributed by atoms with Crippen LogP contribution < -0.4 is 5.32 Å². The number of carbonyl (C=O) groups excluding carboxylic acids is 1. The van der Waals surface area contributed by atoms with Crippen molar-refractivity contribution in [2.24, 2.45) is 0 Å². The first kappa shape index (κ1) is 18.9. The topological polar surface area (TPSA) is 35.6 Å². The number of benzene rings is 3. The van der Waals surface area contributed by atoms with Crippen LogP contribution in [0.4, 0.5) is 14.9 Å². The third kappa shape index (κ3) is 5.28. The van der Waals surface area contributed by atoms with E-state index in [0.29, 0.717) is 13.1 Å². The highest BCUT2D eigenvalue weighted by Gasteiger charge is 2.15. The zero-order valence-corrected chi connectivity index (χ0v) is 15.7. The van der Waals surface area contributed by atoms with Gasteiger partial charge in [0, 0.05) is 25.3 Å². The molecule has 0 aliphatic heterocycles. The first-order chi connectivity index (χ1) is 13.0. The number of nitrogens with zero attached hydrogens (tertiary/aromatic N) is 2. The predicted octanol–water partition coefficient (Wildman–Crippen LogP) is 4.57. The summed E-state index contributed by atoms with van der Waals surface area (Å²) in [6, 6.07) is 20.0. The maximum Gasteiger partial charge on any atom is 0.322 e. The molecule has 1 N–H and O–H groups in total. The number of rotatable bonds is 6. The largest absolute Gasteiger partial charge is 0.322 e. The maximum absolute atomic E-state index is 13.2. The van der Waals surface area contributed by atoms with Gasteiger partial charge in [0.1, 0.15) is 5.82 Å². The van der Waals surface area contributed by atoms with Crippen molar-refractivity contribution in [2.75, 3.05) is 32.5 Å². The van der Waals surface area contributed by atoms with Gasteiger partial charge in [-0.2, -0.15) is 0 Å². The monoisotopic (exact) mass is 365 g/mol. The van der Waals surface area contributed by atoms with E-state index in [1.807, 2.05) is 61.5 Å². The molecule has 0 bridgehead atoms. The number of halogens is 1. The molecule has 0 aliphatic carbocycles. The molecule has 0 saturated heterocycles. The fraction of sp³-hybridized carbons (Fsp3) is 0.227. The predicted molar refractivity (Wildman–Crippen MR) is 108 cm³/mol. The average molecular weight is 365 g/mol. The second-order valence-electron chi connectivity index (χ2n) is 6.84. The third-order valence-corrected chi connectivity index (χ3v) is 4.39. The van der Waals surface area contributed by atoms with E-state index in [4.69, 9.17) is 0 Å². The lowest BCUT2D eigenvalue weighted by Crippen LogP contribution is -2.39. The maximum atomic E-state index is 13.2. The van der Waals surface area contributed by atoms with Gasteiger partial charge in [-0.25, -0.2) is 9.18 Å². The highest BCUT2D eigenvalue weighted by molar-refractivity contribution is 5.93. The van der Waals surface area contributed by atoms with Crippen LogP contribution in [0.2, 0.25) is 0 Å². The number of fused-ring (bicyclic) bond motifs is 1. The second kappa shape index (κ2) is 8.64. The van der Waals surface area contributed by atoms with Gasteiger partial charge in [0.25, 0.3) is 0 Å². The molecule has 0 radical (unpaired) electrons. The van der Waals surface area contributed by atoms with Gasteiger partial charge < -0.3 is 15.1 Å². The Bertz CT molecular complexity index is 909. The van der Waals surface area contributed by atoms with Crippen molar-refractivity contribution in [1.29, 1.82) is 0 Å². The molecular weight excluding hydrogens is 341 g/mol. The Morgan fingerprint density at radius 2 is 1.63 bits per heavy atom. The SMILES string of the molecule is CN(C)CCN(Cc1ccc(F)cc1)C(=O)Nc1ccc2ccccc2c1. The summed E-state index contributed by atoms with van der Waals surface area (Å²) in [5.74, 6) is -0.279. The molecule has 3 aromatic rings. The molecule has 3 rings (SSSR count). The van der Waals surface area contributed by atoms with Gasteiger partial charge in [-0.3, -0.25) is 0 Å². The van der Waals surface area contributed by atoms with Crippen LogP contribution in [0, 0.1) is 5.82 Å². The normalized spacial score (nSPS) is 11.0. The molecular formula is C22H24FN3O. The standard InChI is InChI=1S/C22H24FN3O/c1-25(2)13-14-26(16-17-7-10-20(23)11-8-17)22(27)24-21-12-9-18-5-3-4-6-19(18)15-21/h3-12,15H,13-14,16H2,1-2H3,(H,24,27). The van der Waals surface area contributed by atoms with E-state index >= 15 is 0 Å². The summed E-state index contributed by atoms with van der Waals surface area (Å²) in [4.78, 5) is 16.6. The fourth-order valence-electron chi connectivity index (χ4n) is 2.85. The number of hydrogen-bond acceptors (Lipinski definition) is 2. The van der Waals surface area contributed by atoms with Crippen LogP contribution in [0.1, 0.15) is 5.56 Å². The smallest absolute Gasteiger partial charge is 0.319 e. The minimum Gasteiger partial charge on any atom is -0.319 e. The van der Waals surface area contributed by atoms with Crippen LogP contribution in [-0.4, -0.2) is 43.0 Å². The highest BCUT2D eigenvalue weighted by Crippen LogP contribution is 2.19. The molecule has 0 aliphatic rings. The van der Waals surface area contributed by atoms with Crippen molar-refractivity contribution in [1.82, 2.24) is 9.80 Å². The van der Waals surface area contributed by atoms with Crippen molar-refractivity contribution in [2.45, 2.75) is 6.54 Å². The summed E-state index contributed by atoms with van der Waals surface area (Å²) in [6.45, 7) is 1.74. The summed E-state index contributed by atoms with van der Waals surface area (Å²) in [5, 5.41) is 5.19. The molecule has 0 saturated carbocycles. The summed E-state index contributed by atoms with van der Waals surface area (Å²) in [6.07, 6.45) is 0. The molecule has 4 nitrogen and oxygen atoms in total. The lowest BCUT2D eigenvalue weighted by molar-refractivity contribution is 0.202. The summed E-state index contributed by atoms with van der Waals surface area (Å²) >= 11 is 0. The summed E-state index contributed by atoms with van der Waals surface area (Å²) in [7, 11) is 3.94. The Labute approximate surface area is 159 Å². The van der Waals surface area contributed by atoms with E-state index in [0.717, 1.165) is 28.6 Å². The Morgan fingerprint density at radius 1 is 0.926 bits per heavy atom. The molecule has 5 heteroatoms. The van der Waals surface area contributed by atoms with Crippen LogP contribution in [-0.2, 0) is 6.54 Å². The van der Waals surface area contributed by atoms with Crippen LogP contribution in [0.3, 0.4) is 0 Å². The van der Waals surface area contributed by atoms with Gasteiger partial charge in [-0.05, 0) is 54.7 Å². The lowest BCUT2D eigenvalue weighted by Gasteiger charge is -2.25. The van der Waals surface area contributed by atoms with Gasteiger partial charge in [0.2, 0.25) is 0 Å². The fourth-order valence-corrected chi connectivity index (χ4v) is 2.85. The molecule has 0 atom stereocenters. The molecule has 0 unspecified atom stereocenters. The Balaban J connectivity index is 1.74. The Hall–Kier alpha value is -2.92. The Morgan fingerprint density at radius 3 is 2.33 bits per heavy atom. The van der Waals surface area contributed by atoms with E-state index in [2.05, 4.69) is 5.32 Å². The van der Waals surface area contributed by atoms with Crippen LogP contribution in [0.5, 0.6) is 0 Å². The first-order valence-corrected chi connectivity index (χ1v) is 8.95. The minimum atomic E-state index is -0.279. The van der Waals surface area contributed by atoms with Gasteiger partial charge >= 0.3 is 6.03 Å². The number of urea groups is 1. The third-order valence-electron chi connectivity index (χ3n) is 4.39. The zero-order valence-electron chi connectivity index (χ0n) is 15.7. The van der Waals surface area contributed by atoms with E-state index in [1.165, 1.54) is 12.1 Å². The molecule has 0 heterocycles. The number of likely N-dealkylation sites (N-methyl/N-ethyl adjacent to an activating group) is 1. The van der Waals surface area contributed by atoms with E-state index < -0.39 is 0 Å². The zero-order chi connectivity index (χ0) is 19.2. The molecule has 0 aromatic heterocycles. The Kier molecular flexibility index (Phi) is 6.04. The van der Waals surface area contributed by atoms with Crippen molar-refractivity contribution in [3.63, 3.8) is 0 Å². The molecule has 140 valence electrons. The number of amides is 2. The van der Waals surface area contributed by atoms with Crippen LogP contribution >= 0.6 is 0 Å². The number of anilines is 1. The summed E-state index contributed by atoms with van der Waals surface area (Å²) < 4.78 is 13.2. The number of hydrogen-bond donors (Lipinski definition) is 1. The second-order valence-corrected chi connectivity index (χ2v) is 6.84. The van der Waals surface area contributed by atoms with Crippen molar-refractivity contribution in [3.8, 4) is 0 Å². The minimum absolute atomic E-state index is 0.170.